The quantitative estimate of drug-likeness (QED) is 0.597. The summed E-state index contributed by atoms with van der Waals surface area (Å²) >= 11 is 0. The van der Waals surface area contributed by atoms with Crippen molar-refractivity contribution >= 4 is 11.4 Å². The molecule has 0 saturated heterocycles. The normalized spacial score (nSPS) is 10.2. The molecule has 0 radical (unpaired) electrons. The molecule has 0 heterocycles. The number of nitrogen functional groups attached to an aromatic ring is 1. The van der Waals surface area contributed by atoms with Crippen LogP contribution in [0.15, 0.2) is 54.6 Å². The van der Waals surface area contributed by atoms with Crippen molar-refractivity contribution in [2.45, 2.75) is 19.3 Å². The Morgan fingerprint density at radius 1 is 0.833 bits per heavy atom. The number of unbranched alkanes of at least 4 members (excludes halogenated alkanes) is 1. The Morgan fingerprint density at radius 3 is 2.28 bits per heavy atom. The Balaban J connectivity index is 1.63. The van der Waals surface area contributed by atoms with Crippen molar-refractivity contribution in [2.75, 3.05) is 17.6 Å². The maximum atomic E-state index is 5.64. The first-order chi connectivity index (χ1) is 8.84. The fraction of sp³-hybridized carbons (Fsp3) is 0.250. The van der Waals surface area contributed by atoms with Gasteiger partial charge in [-0.2, -0.15) is 0 Å². The topological polar surface area (TPSA) is 38.0 Å². The van der Waals surface area contributed by atoms with Crippen LogP contribution in [0.1, 0.15) is 18.4 Å². The van der Waals surface area contributed by atoms with Gasteiger partial charge in [0.05, 0.1) is 0 Å². The summed E-state index contributed by atoms with van der Waals surface area (Å²) in [6.45, 7) is 1.01. The predicted molar refractivity (Wildman–Crippen MR) is 78.7 cm³/mol. The zero-order valence-electron chi connectivity index (χ0n) is 10.6. The molecule has 0 fully saturated rings. The molecule has 0 bridgehead atoms. The third kappa shape index (κ3) is 4.13. The van der Waals surface area contributed by atoms with Gasteiger partial charge in [0.2, 0.25) is 0 Å². The molecule has 2 aromatic carbocycles. The molecule has 2 heteroatoms. The van der Waals surface area contributed by atoms with Gasteiger partial charge in [0.1, 0.15) is 0 Å². The molecule has 0 spiro atoms. The lowest BCUT2D eigenvalue weighted by Gasteiger charge is -2.06. The molecular weight excluding hydrogens is 220 g/mol. The SMILES string of the molecule is Nc1ccc(NCCCCc2ccccc2)cc1. The van der Waals surface area contributed by atoms with E-state index in [1.807, 2.05) is 24.3 Å². The number of benzene rings is 2. The molecule has 0 aliphatic carbocycles. The van der Waals surface area contributed by atoms with Crippen molar-refractivity contribution in [3.63, 3.8) is 0 Å². The van der Waals surface area contributed by atoms with E-state index in [1.54, 1.807) is 0 Å². The number of nitrogens with two attached hydrogens (primary N) is 1. The van der Waals surface area contributed by atoms with Gasteiger partial charge in [0, 0.05) is 17.9 Å². The van der Waals surface area contributed by atoms with Crippen LogP contribution in [-0.4, -0.2) is 6.54 Å². The number of rotatable bonds is 6. The maximum Gasteiger partial charge on any atom is 0.0341 e. The van der Waals surface area contributed by atoms with Crippen molar-refractivity contribution < 1.29 is 0 Å². The largest absolute Gasteiger partial charge is 0.399 e. The van der Waals surface area contributed by atoms with Crippen LogP contribution >= 0.6 is 0 Å². The third-order valence-electron chi connectivity index (χ3n) is 2.97. The minimum absolute atomic E-state index is 0.810. The van der Waals surface area contributed by atoms with Gasteiger partial charge in [-0.05, 0) is 49.1 Å². The van der Waals surface area contributed by atoms with Crippen LogP contribution in [0.2, 0.25) is 0 Å². The summed E-state index contributed by atoms with van der Waals surface area (Å²) in [5.41, 5.74) is 9.01. The Labute approximate surface area is 109 Å². The molecule has 0 atom stereocenters. The number of hydrogen-bond acceptors (Lipinski definition) is 2. The summed E-state index contributed by atoms with van der Waals surface area (Å²) in [5, 5.41) is 3.40. The zero-order chi connectivity index (χ0) is 12.6. The Bertz CT molecular complexity index is 448. The van der Waals surface area contributed by atoms with Gasteiger partial charge in [-0.15, -0.1) is 0 Å². The summed E-state index contributed by atoms with van der Waals surface area (Å²) in [5.74, 6) is 0. The fourth-order valence-corrected chi connectivity index (χ4v) is 1.93. The van der Waals surface area contributed by atoms with Crippen LogP contribution < -0.4 is 11.1 Å². The Hall–Kier alpha value is -1.96. The highest BCUT2D eigenvalue weighted by Crippen LogP contribution is 2.11. The Morgan fingerprint density at radius 2 is 1.56 bits per heavy atom. The molecule has 3 N–H and O–H groups in total. The second kappa shape index (κ2) is 6.70. The summed E-state index contributed by atoms with van der Waals surface area (Å²) in [6.07, 6.45) is 3.55. The molecule has 18 heavy (non-hydrogen) atoms. The van der Waals surface area contributed by atoms with E-state index in [-0.39, 0.29) is 0 Å². The number of nitrogens with one attached hydrogen (secondary N) is 1. The monoisotopic (exact) mass is 240 g/mol. The van der Waals surface area contributed by atoms with Crippen molar-refractivity contribution in [3.8, 4) is 0 Å². The molecule has 2 rings (SSSR count). The van der Waals surface area contributed by atoms with E-state index in [1.165, 1.54) is 18.4 Å². The second-order valence-electron chi connectivity index (χ2n) is 4.49. The first kappa shape index (κ1) is 12.5. The van der Waals surface area contributed by atoms with Gasteiger partial charge in [0.25, 0.3) is 0 Å². The summed E-state index contributed by atoms with van der Waals surface area (Å²) in [6, 6.07) is 18.5. The highest BCUT2D eigenvalue weighted by molar-refractivity contribution is 5.51. The van der Waals surface area contributed by atoms with Crippen molar-refractivity contribution in [1.29, 1.82) is 0 Å². The minimum Gasteiger partial charge on any atom is -0.399 e. The Kier molecular flexibility index (Phi) is 4.65. The van der Waals surface area contributed by atoms with Crippen LogP contribution in [0.3, 0.4) is 0 Å². The van der Waals surface area contributed by atoms with Crippen molar-refractivity contribution in [1.82, 2.24) is 0 Å². The summed E-state index contributed by atoms with van der Waals surface area (Å²) < 4.78 is 0. The van der Waals surface area contributed by atoms with E-state index in [2.05, 4.69) is 35.6 Å². The van der Waals surface area contributed by atoms with Crippen LogP contribution in [0.25, 0.3) is 0 Å². The average Bonchev–Trinajstić information content (AvgIpc) is 2.42. The fourth-order valence-electron chi connectivity index (χ4n) is 1.93. The molecule has 0 aliphatic rings. The summed E-state index contributed by atoms with van der Waals surface area (Å²) in [4.78, 5) is 0. The minimum atomic E-state index is 0.810. The third-order valence-corrected chi connectivity index (χ3v) is 2.97. The highest BCUT2D eigenvalue weighted by Gasteiger charge is 1.94. The van der Waals surface area contributed by atoms with Crippen LogP contribution in [0.4, 0.5) is 11.4 Å². The predicted octanol–water partition coefficient (Wildman–Crippen LogP) is 3.70. The molecule has 2 nitrogen and oxygen atoms in total. The molecular formula is C16H20N2. The second-order valence-corrected chi connectivity index (χ2v) is 4.49. The molecule has 0 amide bonds. The van der Waals surface area contributed by atoms with E-state index in [0.717, 1.165) is 24.3 Å². The molecule has 94 valence electrons. The zero-order valence-corrected chi connectivity index (χ0v) is 10.6. The summed E-state index contributed by atoms with van der Waals surface area (Å²) in [7, 11) is 0. The van der Waals surface area contributed by atoms with E-state index in [9.17, 15) is 0 Å². The van der Waals surface area contributed by atoms with Gasteiger partial charge in [-0.1, -0.05) is 30.3 Å². The van der Waals surface area contributed by atoms with E-state index in [4.69, 9.17) is 5.73 Å². The average molecular weight is 240 g/mol. The van der Waals surface area contributed by atoms with E-state index in [0.29, 0.717) is 0 Å². The van der Waals surface area contributed by atoms with Crippen LogP contribution in [-0.2, 0) is 6.42 Å². The lowest BCUT2D eigenvalue weighted by Crippen LogP contribution is -2.02. The smallest absolute Gasteiger partial charge is 0.0341 e. The lowest BCUT2D eigenvalue weighted by atomic mass is 10.1. The molecule has 0 aliphatic heterocycles. The molecule has 0 unspecified atom stereocenters. The van der Waals surface area contributed by atoms with Gasteiger partial charge in [-0.25, -0.2) is 0 Å². The van der Waals surface area contributed by atoms with Gasteiger partial charge in [0.15, 0.2) is 0 Å². The maximum absolute atomic E-state index is 5.64. The number of anilines is 2. The first-order valence-corrected chi connectivity index (χ1v) is 6.48. The van der Waals surface area contributed by atoms with E-state index >= 15 is 0 Å². The van der Waals surface area contributed by atoms with Gasteiger partial charge < -0.3 is 11.1 Å². The first-order valence-electron chi connectivity index (χ1n) is 6.48. The van der Waals surface area contributed by atoms with Gasteiger partial charge >= 0.3 is 0 Å². The van der Waals surface area contributed by atoms with Gasteiger partial charge in [-0.3, -0.25) is 0 Å². The lowest BCUT2D eigenvalue weighted by molar-refractivity contribution is 0.763. The molecule has 0 aromatic heterocycles. The number of hydrogen-bond donors (Lipinski definition) is 2. The van der Waals surface area contributed by atoms with E-state index < -0.39 is 0 Å². The van der Waals surface area contributed by atoms with Crippen LogP contribution in [0.5, 0.6) is 0 Å². The molecule has 0 saturated carbocycles. The standard InChI is InChI=1S/C16H20N2/c17-15-9-11-16(12-10-15)18-13-5-4-8-14-6-2-1-3-7-14/h1-3,6-7,9-12,18H,4-5,8,13,17H2. The van der Waals surface area contributed by atoms with Crippen molar-refractivity contribution in [2.24, 2.45) is 0 Å². The van der Waals surface area contributed by atoms with Crippen LogP contribution in [0, 0.1) is 0 Å². The highest BCUT2D eigenvalue weighted by atomic mass is 14.9. The molecule has 2 aromatic rings. The number of aryl methyl sites for hydroxylation is 1. The van der Waals surface area contributed by atoms with Crippen molar-refractivity contribution in [3.05, 3.63) is 60.2 Å².